The molecule has 0 aliphatic heterocycles. The molecule has 3 heteroatoms. The van der Waals surface area contributed by atoms with E-state index in [0.29, 0.717) is 0 Å². The minimum atomic E-state index is 0.0781. The summed E-state index contributed by atoms with van der Waals surface area (Å²) in [5.41, 5.74) is 9.87. The molecule has 3 nitrogen and oxygen atoms in total. The van der Waals surface area contributed by atoms with Crippen LogP contribution < -0.4 is 5.73 Å². The Labute approximate surface area is 89.9 Å². The number of imidazole rings is 1. The van der Waals surface area contributed by atoms with Crippen LogP contribution in [0.1, 0.15) is 32.0 Å². The van der Waals surface area contributed by atoms with Gasteiger partial charge in [-0.3, -0.25) is 0 Å². The van der Waals surface area contributed by atoms with Gasteiger partial charge in [0.05, 0.1) is 11.4 Å². The number of nitrogen functional groups attached to an aromatic ring is 1. The predicted molar refractivity (Wildman–Crippen MR) is 63.0 cm³/mol. The van der Waals surface area contributed by atoms with E-state index in [4.69, 9.17) is 5.73 Å². The number of nitrogens with two attached hydrogens (primary N) is 1. The molecule has 2 aromatic rings. The van der Waals surface area contributed by atoms with Gasteiger partial charge < -0.3 is 10.1 Å². The van der Waals surface area contributed by atoms with Crippen LogP contribution in [0.2, 0.25) is 0 Å². The number of hydrogen-bond acceptors (Lipinski definition) is 2. The molecule has 2 N–H and O–H groups in total. The summed E-state index contributed by atoms with van der Waals surface area (Å²) in [7, 11) is 0. The molecule has 0 radical (unpaired) electrons. The van der Waals surface area contributed by atoms with Crippen molar-refractivity contribution in [2.45, 2.75) is 33.1 Å². The summed E-state index contributed by atoms with van der Waals surface area (Å²) >= 11 is 0. The number of fused-ring (bicyclic) bond motifs is 1. The van der Waals surface area contributed by atoms with E-state index < -0.39 is 0 Å². The molecule has 0 aromatic carbocycles. The fraction of sp³-hybridized carbons (Fsp3) is 0.417. The number of rotatable bonds is 0. The molecule has 0 fully saturated rings. The predicted octanol–water partition coefficient (Wildman–Crippen LogP) is 2.52. The van der Waals surface area contributed by atoms with Crippen LogP contribution in [0.3, 0.4) is 0 Å². The van der Waals surface area contributed by atoms with Crippen molar-refractivity contribution in [2.24, 2.45) is 0 Å². The molecule has 0 atom stereocenters. The van der Waals surface area contributed by atoms with Gasteiger partial charge in [-0.15, -0.1) is 0 Å². The van der Waals surface area contributed by atoms with Crippen LogP contribution in [0.5, 0.6) is 0 Å². The molecule has 80 valence electrons. The number of nitrogens with zero attached hydrogens (tertiary/aromatic N) is 2. The highest BCUT2D eigenvalue weighted by Gasteiger charge is 2.17. The molecular formula is C12H17N3. The molecule has 0 unspecified atom stereocenters. The second-order valence-corrected chi connectivity index (χ2v) is 5.05. The third-order valence-electron chi connectivity index (χ3n) is 2.61. The van der Waals surface area contributed by atoms with Gasteiger partial charge in [-0.1, -0.05) is 20.8 Å². The molecule has 0 saturated heterocycles. The van der Waals surface area contributed by atoms with Gasteiger partial charge >= 0.3 is 0 Å². The Bertz CT molecular complexity index is 464. The van der Waals surface area contributed by atoms with Crippen LogP contribution in [-0.4, -0.2) is 9.38 Å². The van der Waals surface area contributed by atoms with E-state index in [1.807, 2.05) is 29.8 Å². The van der Waals surface area contributed by atoms with E-state index in [1.54, 1.807) is 0 Å². The summed E-state index contributed by atoms with van der Waals surface area (Å²) in [6.07, 6.45) is 3.97. The SMILES string of the molecule is Cc1cc2nc(C(C)(C)C)cn2cc1N. The van der Waals surface area contributed by atoms with Crippen LogP contribution in [0.4, 0.5) is 5.69 Å². The monoisotopic (exact) mass is 203 g/mol. The first-order valence-corrected chi connectivity index (χ1v) is 5.13. The topological polar surface area (TPSA) is 43.3 Å². The summed E-state index contributed by atoms with van der Waals surface area (Å²) in [6, 6.07) is 2.02. The van der Waals surface area contributed by atoms with E-state index >= 15 is 0 Å². The fourth-order valence-electron chi connectivity index (χ4n) is 1.51. The van der Waals surface area contributed by atoms with Crippen molar-refractivity contribution < 1.29 is 0 Å². The maximum absolute atomic E-state index is 5.86. The normalized spacial score (nSPS) is 12.3. The van der Waals surface area contributed by atoms with Crippen molar-refractivity contribution in [1.82, 2.24) is 9.38 Å². The van der Waals surface area contributed by atoms with E-state index in [-0.39, 0.29) is 5.41 Å². The standard InChI is InChI=1S/C12H17N3/c1-8-5-11-14-10(12(2,3)4)7-15(11)6-9(8)13/h5-7H,13H2,1-4H3. The van der Waals surface area contributed by atoms with Crippen molar-refractivity contribution in [3.63, 3.8) is 0 Å². The van der Waals surface area contributed by atoms with Crippen LogP contribution in [0.25, 0.3) is 5.65 Å². The zero-order valence-electron chi connectivity index (χ0n) is 9.70. The lowest BCUT2D eigenvalue weighted by Crippen LogP contribution is -2.11. The van der Waals surface area contributed by atoms with E-state index in [0.717, 1.165) is 22.6 Å². The Morgan fingerprint density at radius 2 is 1.93 bits per heavy atom. The van der Waals surface area contributed by atoms with Crippen LogP contribution in [-0.2, 0) is 5.41 Å². The Morgan fingerprint density at radius 3 is 2.53 bits per heavy atom. The lowest BCUT2D eigenvalue weighted by Gasteiger charge is -2.13. The van der Waals surface area contributed by atoms with Gasteiger partial charge in [-0.2, -0.15) is 0 Å². The van der Waals surface area contributed by atoms with Gasteiger partial charge in [0, 0.05) is 17.8 Å². The first-order chi connectivity index (χ1) is 6.88. The minimum absolute atomic E-state index is 0.0781. The number of hydrogen-bond donors (Lipinski definition) is 1. The second-order valence-electron chi connectivity index (χ2n) is 5.05. The summed E-state index contributed by atoms with van der Waals surface area (Å²) in [5, 5.41) is 0. The van der Waals surface area contributed by atoms with Gasteiger partial charge in [0.25, 0.3) is 0 Å². The van der Waals surface area contributed by atoms with Gasteiger partial charge in [0.2, 0.25) is 0 Å². The average Bonchev–Trinajstić information content (AvgIpc) is 2.47. The third-order valence-corrected chi connectivity index (χ3v) is 2.61. The van der Waals surface area contributed by atoms with Gasteiger partial charge in [-0.05, 0) is 18.6 Å². The van der Waals surface area contributed by atoms with E-state index in [1.165, 1.54) is 0 Å². The lowest BCUT2D eigenvalue weighted by molar-refractivity contribution is 0.573. The van der Waals surface area contributed by atoms with Crippen molar-refractivity contribution >= 4 is 11.3 Å². The lowest BCUT2D eigenvalue weighted by atomic mass is 9.93. The van der Waals surface area contributed by atoms with Gasteiger partial charge in [0.15, 0.2) is 0 Å². The molecule has 2 rings (SSSR count). The Balaban J connectivity index is 2.66. The smallest absolute Gasteiger partial charge is 0.137 e. The van der Waals surface area contributed by atoms with Crippen LogP contribution in [0, 0.1) is 6.92 Å². The molecule has 2 aromatic heterocycles. The summed E-state index contributed by atoms with van der Waals surface area (Å²) in [6.45, 7) is 8.47. The first kappa shape index (κ1) is 10.0. The number of aromatic nitrogens is 2. The molecule has 0 aliphatic carbocycles. The minimum Gasteiger partial charge on any atom is -0.397 e. The Kier molecular flexibility index (Phi) is 2.00. The van der Waals surface area contributed by atoms with Crippen molar-refractivity contribution in [3.8, 4) is 0 Å². The third kappa shape index (κ3) is 1.69. The summed E-state index contributed by atoms with van der Waals surface area (Å²) in [5.74, 6) is 0. The molecule has 0 spiro atoms. The molecule has 0 aliphatic rings. The highest BCUT2D eigenvalue weighted by Crippen LogP contribution is 2.23. The van der Waals surface area contributed by atoms with Crippen LogP contribution >= 0.6 is 0 Å². The highest BCUT2D eigenvalue weighted by molar-refractivity contribution is 5.54. The van der Waals surface area contributed by atoms with Crippen molar-refractivity contribution in [2.75, 3.05) is 5.73 Å². The molecule has 0 amide bonds. The molecule has 0 saturated carbocycles. The second kappa shape index (κ2) is 2.99. The fourth-order valence-corrected chi connectivity index (χ4v) is 1.51. The maximum atomic E-state index is 5.86. The highest BCUT2D eigenvalue weighted by atomic mass is 15.0. The molecular weight excluding hydrogens is 186 g/mol. The van der Waals surface area contributed by atoms with E-state index in [9.17, 15) is 0 Å². The number of anilines is 1. The molecule has 2 heterocycles. The number of pyridine rings is 1. The summed E-state index contributed by atoms with van der Waals surface area (Å²) in [4.78, 5) is 4.59. The summed E-state index contributed by atoms with van der Waals surface area (Å²) < 4.78 is 1.99. The number of aryl methyl sites for hydroxylation is 1. The van der Waals surface area contributed by atoms with Crippen molar-refractivity contribution in [3.05, 3.63) is 29.7 Å². The zero-order chi connectivity index (χ0) is 11.2. The Hall–Kier alpha value is -1.51. The molecule has 0 bridgehead atoms. The van der Waals surface area contributed by atoms with Gasteiger partial charge in [-0.25, -0.2) is 4.98 Å². The maximum Gasteiger partial charge on any atom is 0.137 e. The first-order valence-electron chi connectivity index (χ1n) is 5.13. The van der Waals surface area contributed by atoms with Gasteiger partial charge in [0.1, 0.15) is 5.65 Å². The molecule has 15 heavy (non-hydrogen) atoms. The van der Waals surface area contributed by atoms with E-state index in [2.05, 4.69) is 25.8 Å². The zero-order valence-corrected chi connectivity index (χ0v) is 9.70. The quantitative estimate of drug-likeness (QED) is 0.715. The largest absolute Gasteiger partial charge is 0.397 e. The van der Waals surface area contributed by atoms with Crippen molar-refractivity contribution in [1.29, 1.82) is 0 Å². The Morgan fingerprint density at radius 1 is 1.27 bits per heavy atom. The average molecular weight is 203 g/mol. The van der Waals surface area contributed by atoms with Crippen LogP contribution in [0.15, 0.2) is 18.5 Å².